The number of rotatable bonds is 4. The summed E-state index contributed by atoms with van der Waals surface area (Å²) >= 11 is 3.52. The standard InChI is InChI=1S/C18H25BrN2O/c1-12-9-13(3-7-17(12)19)4-8-18(22)21(2)16-10-14-5-6-15(11-16)20-14/h3,7,9,14-16,20H,4-6,8,10-11H2,1-2H3. The van der Waals surface area contributed by atoms with Crippen molar-refractivity contribution >= 4 is 21.8 Å². The Hall–Kier alpha value is -0.870. The summed E-state index contributed by atoms with van der Waals surface area (Å²) in [7, 11) is 1.99. The predicted octanol–water partition coefficient (Wildman–Crippen LogP) is 3.43. The van der Waals surface area contributed by atoms with E-state index in [1.807, 2.05) is 11.9 Å². The van der Waals surface area contributed by atoms with Crippen LogP contribution in [0.2, 0.25) is 0 Å². The molecular weight excluding hydrogens is 340 g/mol. The Bertz CT molecular complexity index is 548. The number of nitrogens with one attached hydrogen (secondary N) is 1. The largest absolute Gasteiger partial charge is 0.343 e. The van der Waals surface area contributed by atoms with Gasteiger partial charge >= 0.3 is 0 Å². The molecule has 2 aliphatic heterocycles. The van der Waals surface area contributed by atoms with Crippen molar-refractivity contribution in [1.82, 2.24) is 10.2 Å². The number of piperidine rings is 1. The van der Waals surface area contributed by atoms with Crippen LogP contribution in [0.1, 0.15) is 43.2 Å². The van der Waals surface area contributed by atoms with Crippen molar-refractivity contribution in [3.63, 3.8) is 0 Å². The number of halogens is 1. The average molecular weight is 365 g/mol. The summed E-state index contributed by atoms with van der Waals surface area (Å²) in [5, 5.41) is 3.64. The molecule has 0 radical (unpaired) electrons. The zero-order valence-corrected chi connectivity index (χ0v) is 15.0. The summed E-state index contributed by atoms with van der Waals surface area (Å²) in [4.78, 5) is 14.5. The second-order valence-corrected chi connectivity index (χ2v) is 7.71. The summed E-state index contributed by atoms with van der Waals surface area (Å²) < 4.78 is 1.13. The van der Waals surface area contributed by atoms with E-state index in [4.69, 9.17) is 0 Å². The van der Waals surface area contributed by atoms with Crippen molar-refractivity contribution < 1.29 is 4.79 Å². The second-order valence-electron chi connectivity index (χ2n) is 6.85. The van der Waals surface area contributed by atoms with E-state index in [1.54, 1.807) is 0 Å². The van der Waals surface area contributed by atoms with Gasteiger partial charge in [0.25, 0.3) is 0 Å². The van der Waals surface area contributed by atoms with Gasteiger partial charge in [0.2, 0.25) is 5.91 Å². The molecule has 2 atom stereocenters. The van der Waals surface area contributed by atoms with E-state index < -0.39 is 0 Å². The summed E-state index contributed by atoms with van der Waals surface area (Å²) in [5.74, 6) is 0.284. The molecule has 0 aromatic heterocycles. The lowest BCUT2D eigenvalue weighted by molar-refractivity contribution is -0.132. The van der Waals surface area contributed by atoms with Gasteiger partial charge in [-0.2, -0.15) is 0 Å². The molecule has 0 spiro atoms. The van der Waals surface area contributed by atoms with Crippen molar-refractivity contribution in [2.45, 2.75) is 63.6 Å². The quantitative estimate of drug-likeness (QED) is 0.887. The van der Waals surface area contributed by atoms with Crippen molar-refractivity contribution in [2.75, 3.05) is 7.05 Å². The first-order valence-corrected chi connectivity index (χ1v) is 9.09. The highest BCUT2D eigenvalue weighted by molar-refractivity contribution is 9.10. The van der Waals surface area contributed by atoms with Crippen LogP contribution in [0.5, 0.6) is 0 Å². The SMILES string of the molecule is Cc1cc(CCC(=O)N(C)C2CC3CCC(C2)N3)ccc1Br. The summed E-state index contributed by atoms with van der Waals surface area (Å²) in [6.45, 7) is 2.09. The summed E-state index contributed by atoms with van der Waals surface area (Å²) in [6, 6.07) is 8.04. The first-order chi connectivity index (χ1) is 10.5. The van der Waals surface area contributed by atoms with Gasteiger partial charge < -0.3 is 10.2 Å². The van der Waals surface area contributed by atoms with E-state index in [2.05, 4.69) is 46.4 Å². The normalized spacial score (nSPS) is 27.0. The lowest BCUT2D eigenvalue weighted by Gasteiger charge is -2.35. The number of hydrogen-bond acceptors (Lipinski definition) is 2. The third-order valence-corrected chi connectivity index (χ3v) is 6.13. The maximum absolute atomic E-state index is 12.5. The molecule has 0 saturated carbocycles. The fraction of sp³-hybridized carbons (Fsp3) is 0.611. The fourth-order valence-electron chi connectivity index (χ4n) is 3.84. The third kappa shape index (κ3) is 3.54. The Morgan fingerprint density at radius 2 is 2.00 bits per heavy atom. The van der Waals surface area contributed by atoms with Gasteiger partial charge in [-0.1, -0.05) is 28.1 Å². The first-order valence-electron chi connectivity index (χ1n) is 8.29. The molecule has 1 N–H and O–H groups in total. The number of carbonyl (C=O) groups excluding carboxylic acids is 1. The number of carbonyl (C=O) groups is 1. The Morgan fingerprint density at radius 1 is 1.32 bits per heavy atom. The number of hydrogen-bond donors (Lipinski definition) is 1. The lowest BCUT2D eigenvalue weighted by atomic mass is 9.98. The Balaban J connectivity index is 1.53. The van der Waals surface area contributed by atoms with Gasteiger partial charge in [-0.3, -0.25) is 4.79 Å². The number of nitrogens with zero attached hydrogens (tertiary/aromatic N) is 1. The van der Waals surface area contributed by atoms with E-state index in [0.717, 1.165) is 23.7 Å². The van der Waals surface area contributed by atoms with Crippen molar-refractivity contribution in [3.8, 4) is 0 Å². The smallest absolute Gasteiger partial charge is 0.222 e. The van der Waals surface area contributed by atoms with Crippen LogP contribution in [0.25, 0.3) is 0 Å². The van der Waals surface area contributed by atoms with Crippen molar-refractivity contribution in [2.24, 2.45) is 0 Å². The molecule has 4 heteroatoms. The molecule has 3 rings (SSSR count). The molecule has 2 fully saturated rings. The lowest BCUT2D eigenvalue weighted by Crippen LogP contribution is -2.48. The van der Waals surface area contributed by atoms with Crippen LogP contribution in [0.3, 0.4) is 0 Å². The van der Waals surface area contributed by atoms with Crippen molar-refractivity contribution in [3.05, 3.63) is 33.8 Å². The van der Waals surface area contributed by atoms with Gasteiger partial charge in [0.1, 0.15) is 0 Å². The minimum Gasteiger partial charge on any atom is -0.343 e. The molecule has 120 valence electrons. The van der Waals surface area contributed by atoms with Crippen LogP contribution in [-0.2, 0) is 11.2 Å². The van der Waals surface area contributed by atoms with Gasteiger partial charge in [0.15, 0.2) is 0 Å². The topological polar surface area (TPSA) is 32.3 Å². The van der Waals surface area contributed by atoms with Gasteiger partial charge in [-0.15, -0.1) is 0 Å². The molecule has 1 aromatic carbocycles. The van der Waals surface area contributed by atoms with Gasteiger partial charge in [0.05, 0.1) is 0 Å². The maximum atomic E-state index is 12.5. The van der Waals surface area contributed by atoms with E-state index in [0.29, 0.717) is 24.5 Å². The second kappa shape index (κ2) is 6.71. The van der Waals surface area contributed by atoms with E-state index in [-0.39, 0.29) is 5.91 Å². The molecule has 2 unspecified atom stereocenters. The molecule has 2 aliphatic rings. The van der Waals surface area contributed by atoms with Crippen LogP contribution in [0, 0.1) is 6.92 Å². The first kappa shape index (κ1) is 16.0. The van der Waals surface area contributed by atoms with Gasteiger partial charge in [-0.05, 0) is 56.2 Å². The molecule has 0 aliphatic carbocycles. The highest BCUT2D eigenvalue weighted by atomic mass is 79.9. The summed E-state index contributed by atoms with van der Waals surface area (Å²) in [5.41, 5.74) is 2.47. The highest BCUT2D eigenvalue weighted by Crippen LogP contribution is 2.29. The van der Waals surface area contributed by atoms with Crippen LogP contribution in [0.4, 0.5) is 0 Å². The summed E-state index contributed by atoms with van der Waals surface area (Å²) in [6.07, 6.45) is 6.24. The van der Waals surface area contributed by atoms with E-state index >= 15 is 0 Å². The van der Waals surface area contributed by atoms with Crippen LogP contribution >= 0.6 is 15.9 Å². The zero-order valence-electron chi connectivity index (χ0n) is 13.4. The molecule has 22 heavy (non-hydrogen) atoms. The monoisotopic (exact) mass is 364 g/mol. The number of benzene rings is 1. The van der Waals surface area contributed by atoms with E-state index in [1.165, 1.54) is 24.0 Å². The molecule has 1 aromatic rings. The Labute approximate surface area is 141 Å². The third-order valence-electron chi connectivity index (χ3n) is 5.24. The fourth-order valence-corrected chi connectivity index (χ4v) is 4.08. The molecule has 3 nitrogen and oxygen atoms in total. The van der Waals surface area contributed by atoms with Crippen LogP contribution in [-0.4, -0.2) is 36.0 Å². The Morgan fingerprint density at radius 3 is 2.64 bits per heavy atom. The molecule has 2 saturated heterocycles. The zero-order chi connectivity index (χ0) is 15.7. The van der Waals surface area contributed by atoms with Crippen molar-refractivity contribution in [1.29, 1.82) is 0 Å². The minimum atomic E-state index is 0.284. The minimum absolute atomic E-state index is 0.284. The number of fused-ring (bicyclic) bond motifs is 2. The Kier molecular flexibility index (Phi) is 4.88. The average Bonchev–Trinajstić information content (AvgIpc) is 2.85. The number of amides is 1. The highest BCUT2D eigenvalue weighted by Gasteiger charge is 2.36. The van der Waals surface area contributed by atoms with Crippen LogP contribution < -0.4 is 5.32 Å². The molecule has 2 heterocycles. The molecule has 2 bridgehead atoms. The maximum Gasteiger partial charge on any atom is 0.222 e. The van der Waals surface area contributed by atoms with E-state index in [9.17, 15) is 4.79 Å². The molecule has 1 amide bonds. The van der Waals surface area contributed by atoms with Crippen LogP contribution in [0.15, 0.2) is 22.7 Å². The molecular formula is C18H25BrN2O. The van der Waals surface area contributed by atoms with Gasteiger partial charge in [-0.25, -0.2) is 0 Å². The van der Waals surface area contributed by atoms with Gasteiger partial charge in [0, 0.05) is 36.1 Å². The predicted molar refractivity (Wildman–Crippen MR) is 92.9 cm³/mol. The number of aryl methyl sites for hydroxylation is 2.